The van der Waals surface area contributed by atoms with Crippen molar-refractivity contribution in [2.24, 2.45) is 0 Å². The Labute approximate surface area is 122 Å². The molecule has 1 aliphatic rings. The van der Waals surface area contributed by atoms with E-state index in [-0.39, 0.29) is 12.5 Å². The molecule has 1 aromatic carbocycles. The molecule has 0 bridgehead atoms. The zero-order valence-corrected chi connectivity index (χ0v) is 12.0. The van der Waals surface area contributed by atoms with Gasteiger partial charge in [0, 0.05) is 5.56 Å². The average molecular weight is 293 g/mol. The highest BCUT2D eigenvalue weighted by Crippen LogP contribution is 2.51. The van der Waals surface area contributed by atoms with Crippen LogP contribution in [-0.4, -0.2) is 41.3 Å². The fourth-order valence-electron chi connectivity index (χ4n) is 2.28. The molecule has 0 aromatic heterocycles. The van der Waals surface area contributed by atoms with Crippen LogP contribution in [0, 0.1) is 0 Å². The SMILES string of the molecule is COc1ccccc1C1(C(=O)NCC(C)(O)C(=O)O)CC1. The number of methoxy groups -OCH3 is 1. The summed E-state index contributed by atoms with van der Waals surface area (Å²) in [5.74, 6) is -1.02. The van der Waals surface area contributed by atoms with Crippen molar-refractivity contribution in [3.63, 3.8) is 0 Å². The third kappa shape index (κ3) is 2.85. The molecule has 0 aliphatic heterocycles. The van der Waals surface area contributed by atoms with E-state index < -0.39 is 17.0 Å². The highest BCUT2D eigenvalue weighted by atomic mass is 16.5. The van der Waals surface area contributed by atoms with E-state index in [4.69, 9.17) is 9.84 Å². The van der Waals surface area contributed by atoms with Gasteiger partial charge in [0.15, 0.2) is 5.60 Å². The van der Waals surface area contributed by atoms with Gasteiger partial charge < -0.3 is 20.3 Å². The molecule has 0 spiro atoms. The lowest BCUT2D eigenvalue weighted by atomic mass is 9.93. The van der Waals surface area contributed by atoms with Gasteiger partial charge in [-0.2, -0.15) is 0 Å². The number of aliphatic hydroxyl groups is 1. The van der Waals surface area contributed by atoms with Gasteiger partial charge in [-0.3, -0.25) is 4.79 Å². The summed E-state index contributed by atoms with van der Waals surface area (Å²) >= 11 is 0. The molecule has 2 rings (SSSR count). The lowest BCUT2D eigenvalue weighted by Crippen LogP contribution is -2.48. The molecule has 1 aliphatic carbocycles. The zero-order chi connectivity index (χ0) is 15.7. The molecule has 0 saturated heterocycles. The van der Waals surface area contributed by atoms with E-state index in [9.17, 15) is 14.7 Å². The van der Waals surface area contributed by atoms with Crippen LogP contribution >= 0.6 is 0 Å². The summed E-state index contributed by atoms with van der Waals surface area (Å²) in [6, 6.07) is 7.28. The Morgan fingerprint density at radius 1 is 1.38 bits per heavy atom. The van der Waals surface area contributed by atoms with E-state index in [1.807, 2.05) is 18.2 Å². The minimum absolute atomic E-state index is 0.284. The number of carbonyl (C=O) groups excluding carboxylic acids is 1. The molecule has 0 heterocycles. The molecule has 0 radical (unpaired) electrons. The number of hydrogen-bond donors (Lipinski definition) is 3. The molecule has 1 unspecified atom stereocenters. The predicted octanol–water partition coefficient (Wildman–Crippen LogP) is 0.679. The zero-order valence-electron chi connectivity index (χ0n) is 12.0. The summed E-state index contributed by atoms with van der Waals surface area (Å²) in [7, 11) is 1.54. The molecule has 6 heteroatoms. The third-order valence-electron chi connectivity index (χ3n) is 3.86. The monoisotopic (exact) mass is 293 g/mol. The van der Waals surface area contributed by atoms with Gasteiger partial charge in [-0.15, -0.1) is 0 Å². The normalized spacial score (nSPS) is 18.4. The summed E-state index contributed by atoms with van der Waals surface area (Å²) in [6.45, 7) is 0.816. The van der Waals surface area contributed by atoms with Crippen LogP contribution in [0.1, 0.15) is 25.3 Å². The number of ether oxygens (including phenoxy) is 1. The largest absolute Gasteiger partial charge is 0.496 e. The molecule has 21 heavy (non-hydrogen) atoms. The lowest BCUT2D eigenvalue weighted by molar-refractivity contribution is -0.156. The van der Waals surface area contributed by atoms with Crippen molar-refractivity contribution < 1.29 is 24.5 Å². The van der Waals surface area contributed by atoms with Gasteiger partial charge in [0.1, 0.15) is 5.75 Å². The molecular formula is C15H19NO5. The maximum Gasteiger partial charge on any atom is 0.337 e. The van der Waals surface area contributed by atoms with E-state index in [2.05, 4.69) is 5.32 Å². The number of amides is 1. The van der Waals surface area contributed by atoms with Crippen LogP contribution in [0.25, 0.3) is 0 Å². The molecule has 3 N–H and O–H groups in total. The van der Waals surface area contributed by atoms with Crippen LogP contribution in [0.3, 0.4) is 0 Å². The molecule has 1 aromatic rings. The van der Waals surface area contributed by atoms with E-state index >= 15 is 0 Å². The van der Waals surface area contributed by atoms with Crippen molar-refractivity contribution in [1.29, 1.82) is 0 Å². The van der Waals surface area contributed by atoms with E-state index in [1.54, 1.807) is 13.2 Å². The smallest absolute Gasteiger partial charge is 0.337 e. The predicted molar refractivity (Wildman–Crippen MR) is 75.2 cm³/mol. The van der Waals surface area contributed by atoms with Crippen molar-refractivity contribution in [2.45, 2.75) is 30.8 Å². The van der Waals surface area contributed by atoms with Gasteiger partial charge in [0.2, 0.25) is 5.91 Å². The maximum atomic E-state index is 12.4. The maximum absolute atomic E-state index is 12.4. The summed E-state index contributed by atoms with van der Waals surface area (Å²) in [5, 5.41) is 21.0. The lowest BCUT2D eigenvalue weighted by Gasteiger charge is -2.22. The Balaban J connectivity index is 2.14. The van der Waals surface area contributed by atoms with Gasteiger partial charge in [0.25, 0.3) is 0 Å². The van der Waals surface area contributed by atoms with Crippen LogP contribution in [-0.2, 0) is 15.0 Å². The van der Waals surface area contributed by atoms with E-state index in [0.717, 1.165) is 12.5 Å². The molecule has 6 nitrogen and oxygen atoms in total. The van der Waals surface area contributed by atoms with Crippen molar-refractivity contribution in [3.05, 3.63) is 29.8 Å². The van der Waals surface area contributed by atoms with Crippen molar-refractivity contribution in [1.82, 2.24) is 5.32 Å². The van der Waals surface area contributed by atoms with Gasteiger partial charge >= 0.3 is 5.97 Å². The summed E-state index contributed by atoms with van der Waals surface area (Å²) in [6.07, 6.45) is 1.35. The second kappa shape index (κ2) is 5.37. The Hall–Kier alpha value is -2.08. The minimum atomic E-state index is -1.98. The van der Waals surface area contributed by atoms with E-state index in [1.165, 1.54) is 0 Å². The topological polar surface area (TPSA) is 95.9 Å². The number of carbonyl (C=O) groups is 2. The number of carboxylic acid groups (broad SMARTS) is 1. The molecular weight excluding hydrogens is 274 g/mol. The molecule has 114 valence electrons. The Bertz CT molecular complexity index is 563. The highest BCUT2D eigenvalue weighted by Gasteiger charge is 2.53. The molecule has 1 saturated carbocycles. The van der Waals surface area contributed by atoms with Gasteiger partial charge in [-0.25, -0.2) is 4.79 Å². The fourth-order valence-corrected chi connectivity index (χ4v) is 2.28. The van der Waals surface area contributed by atoms with Gasteiger partial charge in [0.05, 0.1) is 19.1 Å². The number of benzene rings is 1. The Morgan fingerprint density at radius 2 is 2.00 bits per heavy atom. The molecule has 1 amide bonds. The number of para-hydroxylation sites is 1. The average Bonchev–Trinajstić information content (AvgIpc) is 3.26. The van der Waals surface area contributed by atoms with Crippen LogP contribution in [0.15, 0.2) is 24.3 Å². The Morgan fingerprint density at radius 3 is 2.52 bits per heavy atom. The standard InChI is InChI=1S/C15H19NO5/c1-14(20,13(18)19)9-16-12(17)15(7-8-15)10-5-3-4-6-11(10)21-2/h3-6,20H,7-9H2,1-2H3,(H,16,17)(H,18,19). The number of hydrogen-bond acceptors (Lipinski definition) is 4. The summed E-state index contributed by atoms with van der Waals surface area (Å²) in [5.41, 5.74) is -1.87. The summed E-state index contributed by atoms with van der Waals surface area (Å²) in [4.78, 5) is 23.2. The second-order valence-electron chi connectivity index (χ2n) is 5.54. The quantitative estimate of drug-likeness (QED) is 0.717. The first kappa shape index (κ1) is 15.3. The number of aliphatic carboxylic acids is 1. The van der Waals surface area contributed by atoms with Crippen LogP contribution in [0.4, 0.5) is 0 Å². The Kier molecular flexibility index (Phi) is 3.91. The van der Waals surface area contributed by atoms with Gasteiger partial charge in [-0.05, 0) is 25.8 Å². The van der Waals surface area contributed by atoms with Crippen LogP contribution in [0.2, 0.25) is 0 Å². The van der Waals surface area contributed by atoms with Crippen molar-refractivity contribution >= 4 is 11.9 Å². The van der Waals surface area contributed by atoms with Crippen LogP contribution in [0.5, 0.6) is 5.75 Å². The van der Waals surface area contributed by atoms with Crippen molar-refractivity contribution in [3.8, 4) is 5.75 Å². The van der Waals surface area contributed by atoms with Crippen molar-refractivity contribution in [2.75, 3.05) is 13.7 Å². The first-order valence-corrected chi connectivity index (χ1v) is 6.71. The first-order valence-electron chi connectivity index (χ1n) is 6.71. The second-order valence-corrected chi connectivity index (χ2v) is 5.54. The van der Waals surface area contributed by atoms with E-state index in [0.29, 0.717) is 18.6 Å². The summed E-state index contributed by atoms with van der Waals surface area (Å²) < 4.78 is 5.28. The molecule has 1 atom stereocenters. The van der Waals surface area contributed by atoms with Gasteiger partial charge in [-0.1, -0.05) is 18.2 Å². The van der Waals surface area contributed by atoms with Crippen LogP contribution < -0.4 is 10.1 Å². The number of carboxylic acids is 1. The fraction of sp³-hybridized carbons (Fsp3) is 0.467. The third-order valence-corrected chi connectivity index (χ3v) is 3.86. The first-order chi connectivity index (χ1) is 9.83. The highest BCUT2D eigenvalue weighted by molar-refractivity contribution is 5.92. The number of rotatable bonds is 6. The molecule has 1 fully saturated rings. The number of nitrogens with one attached hydrogen (secondary N) is 1. The minimum Gasteiger partial charge on any atom is -0.496 e.